The molecule has 1 atom stereocenters. The lowest BCUT2D eigenvalue weighted by atomic mass is 10.1. The average Bonchev–Trinajstić information content (AvgIpc) is 2.35. The van der Waals surface area contributed by atoms with E-state index in [0.29, 0.717) is 11.3 Å². The molecule has 19 heavy (non-hydrogen) atoms. The van der Waals surface area contributed by atoms with Crippen LogP contribution >= 0.6 is 11.6 Å². The summed E-state index contributed by atoms with van der Waals surface area (Å²) in [7, 11) is 0. The molecule has 0 saturated carbocycles. The molecule has 0 spiro atoms. The Hall–Kier alpha value is -2.07. The highest BCUT2D eigenvalue weighted by atomic mass is 35.5. The Morgan fingerprint density at radius 2 is 1.89 bits per heavy atom. The molecule has 0 aliphatic heterocycles. The van der Waals surface area contributed by atoms with Gasteiger partial charge in [-0.05, 0) is 23.8 Å². The van der Waals surface area contributed by atoms with Gasteiger partial charge in [-0.15, -0.1) is 0 Å². The van der Waals surface area contributed by atoms with Gasteiger partial charge in [-0.2, -0.15) is 0 Å². The highest BCUT2D eigenvalue weighted by molar-refractivity contribution is 6.30. The van der Waals surface area contributed by atoms with Gasteiger partial charge in [0.1, 0.15) is 5.82 Å². The first-order valence-electron chi connectivity index (χ1n) is 5.56. The first-order chi connectivity index (χ1) is 9.06. The second kappa shape index (κ2) is 5.71. The summed E-state index contributed by atoms with van der Waals surface area (Å²) >= 11 is 5.73. The predicted octanol–water partition coefficient (Wildman–Crippen LogP) is 3.72. The zero-order valence-electron chi connectivity index (χ0n) is 9.81. The van der Waals surface area contributed by atoms with E-state index in [-0.39, 0.29) is 5.02 Å². The Kier molecular flexibility index (Phi) is 4.02. The van der Waals surface area contributed by atoms with Crippen molar-refractivity contribution < 1.29 is 14.3 Å². The quantitative estimate of drug-likeness (QED) is 0.897. The number of rotatable bonds is 4. The third-order valence-corrected chi connectivity index (χ3v) is 2.77. The van der Waals surface area contributed by atoms with Crippen molar-refractivity contribution in [2.75, 3.05) is 5.32 Å². The second-order valence-corrected chi connectivity index (χ2v) is 4.42. The van der Waals surface area contributed by atoms with E-state index in [0.717, 1.165) is 6.07 Å². The maximum atomic E-state index is 13.2. The summed E-state index contributed by atoms with van der Waals surface area (Å²) < 4.78 is 13.2. The smallest absolute Gasteiger partial charge is 0.330 e. The molecule has 2 N–H and O–H groups in total. The molecule has 5 heteroatoms. The maximum absolute atomic E-state index is 13.2. The molecule has 2 rings (SSSR count). The Labute approximate surface area is 114 Å². The van der Waals surface area contributed by atoms with Gasteiger partial charge < -0.3 is 10.4 Å². The molecule has 0 aromatic heterocycles. The number of carboxylic acids is 1. The number of hydrogen-bond acceptors (Lipinski definition) is 2. The van der Waals surface area contributed by atoms with Crippen LogP contribution in [0.4, 0.5) is 10.1 Å². The number of benzene rings is 2. The van der Waals surface area contributed by atoms with Crippen molar-refractivity contribution in [1.29, 1.82) is 0 Å². The van der Waals surface area contributed by atoms with Gasteiger partial charge in [0.05, 0.1) is 0 Å². The number of carbonyl (C=O) groups is 1. The van der Waals surface area contributed by atoms with Crippen molar-refractivity contribution in [3.63, 3.8) is 0 Å². The van der Waals surface area contributed by atoms with E-state index in [9.17, 15) is 14.3 Å². The fourth-order valence-corrected chi connectivity index (χ4v) is 1.96. The van der Waals surface area contributed by atoms with Gasteiger partial charge in [-0.3, -0.25) is 0 Å². The zero-order chi connectivity index (χ0) is 13.8. The molecule has 0 heterocycles. The molecule has 0 amide bonds. The number of carboxylic acid groups (broad SMARTS) is 1. The van der Waals surface area contributed by atoms with Crippen LogP contribution in [0, 0.1) is 5.82 Å². The van der Waals surface area contributed by atoms with Crippen LogP contribution in [0.1, 0.15) is 11.6 Å². The normalized spacial score (nSPS) is 11.9. The van der Waals surface area contributed by atoms with Crippen molar-refractivity contribution in [2.24, 2.45) is 0 Å². The van der Waals surface area contributed by atoms with E-state index in [4.69, 9.17) is 11.6 Å². The van der Waals surface area contributed by atoms with Crippen molar-refractivity contribution in [3.8, 4) is 0 Å². The molecule has 98 valence electrons. The molecular weight excluding hydrogens is 269 g/mol. The summed E-state index contributed by atoms with van der Waals surface area (Å²) in [4.78, 5) is 11.3. The van der Waals surface area contributed by atoms with Crippen LogP contribution in [0.5, 0.6) is 0 Å². The van der Waals surface area contributed by atoms with Crippen molar-refractivity contribution >= 4 is 23.3 Å². The van der Waals surface area contributed by atoms with Crippen LogP contribution in [0.15, 0.2) is 48.5 Å². The number of aliphatic carboxylic acids is 1. The molecule has 3 nitrogen and oxygen atoms in total. The topological polar surface area (TPSA) is 49.3 Å². The van der Waals surface area contributed by atoms with E-state index < -0.39 is 17.8 Å². The van der Waals surface area contributed by atoms with E-state index in [1.807, 2.05) is 0 Å². The number of anilines is 1. The molecule has 2 aromatic carbocycles. The van der Waals surface area contributed by atoms with E-state index in [1.54, 1.807) is 30.3 Å². The van der Waals surface area contributed by atoms with Crippen LogP contribution < -0.4 is 5.32 Å². The third-order valence-electron chi connectivity index (χ3n) is 2.55. The Morgan fingerprint density at radius 3 is 2.47 bits per heavy atom. The number of hydrogen-bond donors (Lipinski definition) is 2. The lowest BCUT2D eigenvalue weighted by molar-refractivity contribution is -0.138. The molecule has 0 radical (unpaired) electrons. The molecule has 0 aliphatic rings. The summed E-state index contributed by atoms with van der Waals surface area (Å²) in [5, 5.41) is 12.2. The van der Waals surface area contributed by atoms with Gasteiger partial charge in [0, 0.05) is 10.7 Å². The first-order valence-corrected chi connectivity index (χ1v) is 5.94. The summed E-state index contributed by atoms with van der Waals surface area (Å²) in [6.45, 7) is 0. The predicted molar refractivity (Wildman–Crippen MR) is 71.9 cm³/mol. The average molecular weight is 280 g/mol. The minimum Gasteiger partial charge on any atom is -0.479 e. The summed E-state index contributed by atoms with van der Waals surface area (Å²) in [5.41, 5.74) is 0.900. The SMILES string of the molecule is O=C(O)C(Nc1cc(F)cc(Cl)c1)c1ccccc1. The molecular formula is C14H11ClFNO2. The van der Waals surface area contributed by atoms with Crippen LogP contribution in [-0.2, 0) is 4.79 Å². The summed E-state index contributed by atoms with van der Waals surface area (Å²) in [5.74, 6) is -1.57. The highest BCUT2D eigenvalue weighted by Gasteiger charge is 2.19. The van der Waals surface area contributed by atoms with Gasteiger partial charge in [-0.1, -0.05) is 41.9 Å². The van der Waals surface area contributed by atoms with Crippen LogP contribution in [-0.4, -0.2) is 11.1 Å². The standard InChI is InChI=1S/C14H11ClFNO2/c15-10-6-11(16)8-12(7-10)17-13(14(18)19)9-4-2-1-3-5-9/h1-8,13,17H,(H,18,19). The molecule has 2 aromatic rings. The van der Waals surface area contributed by atoms with Gasteiger partial charge >= 0.3 is 5.97 Å². The Morgan fingerprint density at radius 1 is 1.21 bits per heavy atom. The van der Waals surface area contributed by atoms with Crippen LogP contribution in [0.25, 0.3) is 0 Å². The fraction of sp³-hybridized carbons (Fsp3) is 0.0714. The van der Waals surface area contributed by atoms with Gasteiger partial charge in [0.25, 0.3) is 0 Å². The number of nitrogens with one attached hydrogen (secondary N) is 1. The van der Waals surface area contributed by atoms with Gasteiger partial charge in [0.2, 0.25) is 0 Å². The molecule has 1 unspecified atom stereocenters. The Balaban J connectivity index is 2.29. The second-order valence-electron chi connectivity index (χ2n) is 3.98. The van der Waals surface area contributed by atoms with E-state index in [1.165, 1.54) is 12.1 Å². The van der Waals surface area contributed by atoms with E-state index in [2.05, 4.69) is 5.32 Å². The van der Waals surface area contributed by atoms with E-state index >= 15 is 0 Å². The lowest BCUT2D eigenvalue weighted by Gasteiger charge is -2.16. The van der Waals surface area contributed by atoms with Gasteiger partial charge in [0.15, 0.2) is 6.04 Å². The molecule has 0 saturated heterocycles. The third kappa shape index (κ3) is 3.45. The zero-order valence-corrected chi connectivity index (χ0v) is 10.6. The maximum Gasteiger partial charge on any atom is 0.330 e. The summed E-state index contributed by atoms with van der Waals surface area (Å²) in [6, 6.07) is 11.5. The lowest BCUT2D eigenvalue weighted by Crippen LogP contribution is -2.20. The number of halogens is 2. The minimum absolute atomic E-state index is 0.208. The highest BCUT2D eigenvalue weighted by Crippen LogP contribution is 2.23. The van der Waals surface area contributed by atoms with Crippen molar-refractivity contribution in [2.45, 2.75) is 6.04 Å². The van der Waals surface area contributed by atoms with Crippen LogP contribution in [0.3, 0.4) is 0 Å². The molecule has 0 bridgehead atoms. The first kappa shape index (κ1) is 13.4. The van der Waals surface area contributed by atoms with Crippen LogP contribution in [0.2, 0.25) is 5.02 Å². The fourth-order valence-electron chi connectivity index (χ4n) is 1.74. The molecule has 0 aliphatic carbocycles. The Bertz CT molecular complexity index is 569. The monoisotopic (exact) mass is 279 g/mol. The van der Waals surface area contributed by atoms with Crippen molar-refractivity contribution in [3.05, 3.63) is 64.9 Å². The largest absolute Gasteiger partial charge is 0.479 e. The van der Waals surface area contributed by atoms with Crippen molar-refractivity contribution in [1.82, 2.24) is 0 Å². The summed E-state index contributed by atoms with van der Waals surface area (Å²) in [6.07, 6.45) is 0. The minimum atomic E-state index is -1.05. The molecule has 0 fully saturated rings. The van der Waals surface area contributed by atoms with Gasteiger partial charge in [-0.25, -0.2) is 9.18 Å².